The molecule has 2 rings (SSSR count). The summed E-state index contributed by atoms with van der Waals surface area (Å²) in [5.74, 6) is 0.254. The zero-order valence-corrected chi connectivity index (χ0v) is 15.1. The first-order valence-corrected chi connectivity index (χ1v) is 8.53. The Morgan fingerprint density at radius 3 is 2.68 bits per heavy atom. The van der Waals surface area contributed by atoms with Gasteiger partial charge in [-0.05, 0) is 38.6 Å². The molecule has 1 aliphatic heterocycles. The number of amides is 2. The summed E-state index contributed by atoms with van der Waals surface area (Å²) in [7, 11) is 4.99. The smallest absolute Gasteiger partial charge is 0.250 e. The molecule has 0 radical (unpaired) electrons. The molecule has 1 heterocycles. The molecule has 7 heteroatoms. The number of carbonyl (C=O) groups is 2. The van der Waals surface area contributed by atoms with Gasteiger partial charge in [-0.2, -0.15) is 0 Å². The molecule has 1 unspecified atom stereocenters. The van der Waals surface area contributed by atoms with Crippen LogP contribution in [0.25, 0.3) is 0 Å². The number of nitrogens with zero attached hydrogens (tertiary/aromatic N) is 1. The Labute approximate surface area is 148 Å². The molecule has 25 heavy (non-hydrogen) atoms. The third kappa shape index (κ3) is 5.44. The van der Waals surface area contributed by atoms with Crippen molar-refractivity contribution in [2.24, 2.45) is 0 Å². The van der Waals surface area contributed by atoms with Gasteiger partial charge in [0.1, 0.15) is 12.4 Å². The maximum absolute atomic E-state index is 12.8. The van der Waals surface area contributed by atoms with Crippen molar-refractivity contribution in [1.82, 2.24) is 4.90 Å². The minimum absolute atomic E-state index is 0.0508. The van der Waals surface area contributed by atoms with Crippen molar-refractivity contribution in [3.63, 3.8) is 0 Å². The van der Waals surface area contributed by atoms with Gasteiger partial charge in [0.2, 0.25) is 11.8 Å². The van der Waals surface area contributed by atoms with Gasteiger partial charge in [-0.3, -0.25) is 14.5 Å². The van der Waals surface area contributed by atoms with Crippen LogP contribution in [0, 0.1) is 0 Å². The lowest BCUT2D eigenvalue weighted by molar-refractivity contribution is -0.121. The van der Waals surface area contributed by atoms with E-state index in [1.165, 1.54) is 7.11 Å². The van der Waals surface area contributed by atoms with Crippen LogP contribution in [0.4, 0.5) is 11.4 Å². The van der Waals surface area contributed by atoms with Gasteiger partial charge >= 0.3 is 0 Å². The molecule has 1 atom stereocenters. The van der Waals surface area contributed by atoms with E-state index in [0.29, 0.717) is 17.1 Å². The Bertz CT molecular complexity index is 606. The van der Waals surface area contributed by atoms with Gasteiger partial charge in [-0.15, -0.1) is 0 Å². The Hall–Kier alpha value is -2.12. The normalized spacial score (nSPS) is 18.3. The number of likely N-dealkylation sites (N-methyl/N-ethyl adjacent to an activating group) is 1. The quantitative estimate of drug-likeness (QED) is 0.822. The molecular formula is C18H27N3O4. The molecule has 1 aromatic rings. The molecule has 1 saturated heterocycles. The Morgan fingerprint density at radius 2 is 1.96 bits per heavy atom. The van der Waals surface area contributed by atoms with E-state index in [2.05, 4.69) is 15.5 Å². The molecule has 0 aromatic heterocycles. The van der Waals surface area contributed by atoms with E-state index in [0.717, 1.165) is 32.2 Å². The molecular weight excluding hydrogens is 322 g/mol. The Balaban J connectivity index is 2.17. The molecule has 0 saturated carbocycles. The van der Waals surface area contributed by atoms with Crippen LogP contribution in [0.15, 0.2) is 18.2 Å². The van der Waals surface area contributed by atoms with Crippen LogP contribution < -0.4 is 15.4 Å². The fourth-order valence-electron chi connectivity index (χ4n) is 2.98. The topological polar surface area (TPSA) is 79.9 Å². The SMILES string of the molecule is COCC(=O)Nc1ccc(OC)cc1NC(=O)C1CCCCCN1C. The van der Waals surface area contributed by atoms with E-state index in [-0.39, 0.29) is 24.5 Å². The number of hydrogen-bond donors (Lipinski definition) is 2. The number of carbonyl (C=O) groups excluding carboxylic acids is 2. The number of ether oxygens (including phenoxy) is 2. The summed E-state index contributed by atoms with van der Waals surface area (Å²) in [6.45, 7) is 0.860. The fraction of sp³-hybridized carbons (Fsp3) is 0.556. The monoisotopic (exact) mass is 349 g/mol. The van der Waals surface area contributed by atoms with Crippen molar-refractivity contribution in [3.8, 4) is 5.75 Å². The van der Waals surface area contributed by atoms with Crippen molar-refractivity contribution >= 4 is 23.2 Å². The summed E-state index contributed by atoms with van der Waals surface area (Å²) in [5, 5.41) is 5.69. The summed E-state index contributed by atoms with van der Waals surface area (Å²) in [5.41, 5.74) is 1.04. The van der Waals surface area contributed by atoms with E-state index in [9.17, 15) is 9.59 Å². The van der Waals surface area contributed by atoms with Gasteiger partial charge in [-0.1, -0.05) is 12.8 Å². The number of methoxy groups -OCH3 is 2. The second-order valence-electron chi connectivity index (χ2n) is 6.23. The van der Waals surface area contributed by atoms with E-state index >= 15 is 0 Å². The highest BCUT2D eigenvalue weighted by atomic mass is 16.5. The number of likely N-dealkylation sites (tertiary alicyclic amines) is 1. The second kappa shape index (κ2) is 9.39. The van der Waals surface area contributed by atoms with Gasteiger partial charge in [0.15, 0.2) is 0 Å². The van der Waals surface area contributed by atoms with Crippen LogP contribution in [-0.2, 0) is 14.3 Å². The van der Waals surface area contributed by atoms with Crippen molar-refractivity contribution in [1.29, 1.82) is 0 Å². The molecule has 2 amide bonds. The van der Waals surface area contributed by atoms with Crippen LogP contribution in [-0.4, -0.2) is 57.2 Å². The van der Waals surface area contributed by atoms with Gasteiger partial charge in [-0.25, -0.2) is 0 Å². The van der Waals surface area contributed by atoms with E-state index in [1.807, 2.05) is 7.05 Å². The number of benzene rings is 1. The summed E-state index contributed by atoms with van der Waals surface area (Å²) in [6, 6.07) is 4.97. The van der Waals surface area contributed by atoms with Gasteiger partial charge in [0.25, 0.3) is 0 Å². The second-order valence-corrected chi connectivity index (χ2v) is 6.23. The van der Waals surface area contributed by atoms with Crippen molar-refractivity contribution in [2.45, 2.75) is 31.7 Å². The lowest BCUT2D eigenvalue weighted by atomic mass is 10.1. The predicted octanol–water partition coefficient (Wildman–Crippen LogP) is 2.09. The highest BCUT2D eigenvalue weighted by molar-refractivity contribution is 6.01. The number of nitrogens with one attached hydrogen (secondary N) is 2. The van der Waals surface area contributed by atoms with Gasteiger partial charge in [0, 0.05) is 13.2 Å². The molecule has 2 N–H and O–H groups in total. The number of anilines is 2. The largest absolute Gasteiger partial charge is 0.497 e. The third-order valence-electron chi connectivity index (χ3n) is 4.36. The predicted molar refractivity (Wildman–Crippen MR) is 97.0 cm³/mol. The molecule has 138 valence electrons. The lowest BCUT2D eigenvalue weighted by Crippen LogP contribution is -2.41. The van der Waals surface area contributed by atoms with Crippen LogP contribution in [0.5, 0.6) is 5.75 Å². The van der Waals surface area contributed by atoms with E-state index < -0.39 is 0 Å². The van der Waals surface area contributed by atoms with E-state index in [1.54, 1.807) is 25.3 Å². The first kappa shape index (κ1) is 19.2. The molecule has 1 aromatic carbocycles. The summed E-state index contributed by atoms with van der Waals surface area (Å²) in [6.07, 6.45) is 4.12. The van der Waals surface area contributed by atoms with Crippen LogP contribution in [0.3, 0.4) is 0 Å². The van der Waals surface area contributed by atoms with Crippen molar-refractivity contribution in [2.75, 3.05) is 45.1 Å². The molecule has 0 bridgehead atoms. The van der Waals surface area contributed by atoms with Crippen molar-refractivity contribution < 1.29 is 19.1 Å². The maximum Gasteiger partial charge on any atom is 0.250 e. The Morgan fingerprint density at radius 1 is 1.16 bits per heavy atom. The highest BCUT2D eigenvalue weighted by Gasteiger charge is 2.25. The number of hydrogen-bond acceptors (Lipinski definition) is 5. The van der Waals surface area contributed by atoms with Crippen LogP contribution in [0.2, 0.25) is 0 Å². The standard InChI is InChI=1S/C18H27N3O4/c1-21-10-6-4-5-7-16(21)18(23)20-15-11-13(25-3)8-9-14(15)19-17(22)12-24-2/h8-9,11,16H,4-7,10,12H2,1-3H3,(H,19,22)(H,20,23). The van der Waals surface area contributed by atoms with Gasteiger partial charge < -0.3 is 20.1 Å². The fourth-order valence-corrected chi connectivity index (χ4v) is 2.98. The molecule has 1 fully saturated rings. The average Bonchev–Trinajstić information content (AvgIpc) is 2.81. The zero-order valence-electron chi connectivity index (χ0n) is 15.1. The zero-order chi connectivity index (χ0) is 18.2. The maximum atomic E-state index is 12.8. The van der Waals surface area contributed by atoms with Gasteiger partial charge in [0.05, 0.1) is 24.5 Å². The third-order valence-corrected chi connectivity index (χ3v) is 4.36. The molecule has 0 spiro atoms. The summed E-state index contributed by atoms with van der Waals surface area (Å²) < 4.78 is 10.1. The average molecular weight is 349 g/mol. The first-order chi connectivity index (χ1) is 12.0. The lowest BCUT2D eigenvalue weighted by Gasteiger charge is -2.25. The van der Waals surface area contributed by atoms with E-state index in [4.69, 9.17) is 9.47 Å². The molecule has 0 aliphatic carbocycles. The molecule has 1 aliphatic rings. The van der Waals surface area contributed by atoms with Crippen LogP contribution in [0.1, 0.15) is 25.7 Å². The Kier molecular flexibility index (Phi) is 7.21. The molecule has 7 nitrogen and oxygen atoms in total. The highest BCUT2D eigenvalue weighted by Crippen LogP contribution is 2.28. The van der Waals surface area contributed by atoms with Crippen molar-refractivity contribution in [3.05, 3.63) is 18.2 Å². The summed E-state index contributed by atoms with van der Waals surface area (Å²) >= 11 is 0. The first-order valence-electron chi connectivity index (χ1n) is 8.53. The minimum Gasteiger partial charge on any atom is -0.497 e. The minimum atomic E-state index is -0.283. The van der Waals surface area contributed by atoms with Crippen LogP contribution >= 0.6 is 0 Å². The summed E-state index contributed by atoms with van der Waals surface area (Å²) in [4.78, 5) is 26.7. The number of rotatable bonds is 6.